The van der Waals surface area contributed by atoms with Crippen LogP contribution in [0.5, 0.6) is 0 Å². The van der Waals surface area contributed by atoms with Gasteiger partial charge in [0, 0.05) is 49.8 Å². The minimum Gasteiger partial charge on any atom is -0.368 e. The van der Waals surface area contributed by atoms with Gasteiger partial charge in [0.25, 0.3) is 0 Å². The minimum atomic E-state index is 0.0404. The summed E-state index contributed by atoms with van der Waals surface area (Å²) in [6, 6.07) is 0. The molecule has 108 valence electrons. The molecule has 0 aliphatic carbocycles. The lowest BCUT2D eigenvalue weighted by molar-refractivity contribution is -0.0368. The van der Waals surface area contributed by atoms with Gasteiger partial charge in [-0.15, -0.1) is 0 Å². The van der Waals surface area contributed by atoms with Crippen LogP contribution < -0.4 is 0 Å². The number of morpholine rings is 1. The standard InChI is InChI=1S/C14H21N5O/c1-3-19-9-12(7-16-19)8-18-4-5-20-13(10-18)14-15-6-11(2)17-14/h6-7,9,13H,3-5,8,10H2,1-2H3,(H,15,17). The number of nitrogens with one attached hydrogen (secondary N) is 1. The molecule has 3 heterocycles. The van der Waals surface area contributed by atoms with Gasteiger partial charge in [0.2, 0.25) is 0 Å². The van der Waals surface area contributed by atoms with Crippen LogP contribution in [0.4, 0.5) is 0 Å². The van der Waals surface area contributed by atoms with E-state index in [0.717, 1.165) is 44.3 Å². The second kappa shape index (κ2) is 5.76. The van der Waals surface area contributed by atoms with E-state index in [1.807, 2.05) is 24.0 Å². The van der Waals surface area contributed by atoms with Crippen LogP contribution in [-0.2, 0) is 17.8 Å². The Hall–Kier alpha value is -1.66. The number of ether oxygens (including phenoxy) is 1. The van der Waals surface area contributed by atoms with E-state index in [-0.39, 0.29) is 6.10 Å². The van der Waals surface area contributed by atoms with Crippen LogP contribution >= 0.6 is 0 Å². The number of hydrogen-bond acceptors (Lipinski definition) is 4. The van der Waals surface area contributed by atoms with Crippen molar-refractivity contribution in [3.63, 3.8) is 0 Å². The molecule has 1 aliphatic heterocycles. The molecule has 0 saturated carbocycles. The molecule has 1 fully saturated rings. The Kier molecular flexibility index (Phi) is 3.84. The maximum atomic E-state index is 5.82. The summed E-state index contributed by atoms with van der Waals surface area (Å²) in [5, 5.41) is 4.32. The molecule has 0 aromatic carbocycles. The molecule has 3 rings (SSSR count). The Bertz CT molecular complexity index is 561. The molecule has 0 spiro atoms. The fourth-order valence-corrected chi connectivity index (χ4v) is 2.53. The van der Waals surface area contributed by atoms with Crippen LogP contribution in [0.15, 0.2) is 18.6 Å². The highest BCUT2D eigenvalue weighted by Gasteiger charge is 2.24. The second-order valence-corrected chi connectivity index (χ2v) is 5.25. The molecule has 20 heavy (non-hydrogen) atoms. The highest BCUT2D eigenvalue weighted by molar-refractivity contribution is 5.06. The molecule has 2 aromatic heterocycles. The Labute approximate surface area is 118 Å². The number of imidazole rings is 1. The third kappa shape index (κ3) is 2.91. The molecule has 6 heteroatoms. The maximum absolute atomic E-state index is 5.82. The fourth-order valence-electron chi connectivity index (χ4n) is 2.53. The van der Waals surface area contributed by atoms with Crippen molar-refractivity contribution >= 4 is 0 Å². The lowest BCUT2D eigenvalue weighted by Crippen LogP contribution is -2.38. The molecular weight excluding hydrogens is 254 g/mol. The number of aromatic nitrogens is 4. The van der Waals surface area contributed by atoms with Crippen molar-refractivity contribution in [2.75, 3.05) is 19.7 Å². The number of H-pyrrole nitrogens is 1. The van der Waals surface area contributed by atoms with Crippen molar-refractivity contribution in [1.29, 1.82) is 0 Å². The number of aromatic amines is 1. The molecule has 6 nitrogen and oxygen atoms in total. The SMILES string of the molecule is CCn1cc(CN2CCOC(c3ncc(C)[nH]3)C2)cn1. The van der Waals surface area contributed by atoms with Crippen LogP contribution in [0.3, 0.4) is 0 Å². The number of rotatable bonds is 4. The van der Waals surface area contributed by atoms with Crippen LogP contribution in [0, 0.1) is 6.92 Å². The Morgan fingerprint density at radius 3 is 3.05 bits per heavy atom. The molecule has 1 saturated heterocycles. The fraction of sp³-hybridized carbons (Fsp3) is 0.571. The third-order valence-corrected chi connectivity index (χ3v) is 3.59. The number of hydrogen-bond donors (Lipinski definition) is 1. The van der Waals surface area contributed by atoms with Crippen molar-refractivity contribution < 1.29 is 4.74 Å². The van der Waals surface area contributed by atoms with Gasteiger partial charge in [0.15, 0.2) is 0 Å². The number of nitrogens with zero attached hydrogens (tertiary/aromatic N) is 4. The van der Waals surface area contributed by atoms with Crippen LogP contribution in [0.2, 0.25) is 0 Å². The summed E-state index contributed by atoms with van der Waals surface area (Å²) in [4.78, 5) is 10.0. The Balaban J connectivity index is 1.63. The van der Waals surface area contributed by atoms with Gasteiger partial charge in [0.05, 0.1) is 12.8 Å². The summed E-state index contributed by atoms with van der Waals surface area (Å²) in [7, 11) is 0. The number of aryl methyl sites for hydroxylation is 2. The van der Waals surface area contributed by atoms with E-state index < -0.39 is 0 Å². The first-order valence-corrected chi connectivity index (χ1v) is 7.11. The van der Waals surface area contributed by atoms with Crippen molar-refractivity contribution in [3.8, 4) is 0 Å². The van der Waals surface area contributed by atoms with Gasteiger partial charge < -0.3 is 9.72 Å². The average Bonchev–Trinajstić information content (AvgIpc) is 3.08. The molecule has 0 bridgehead atoms. The quantitative estimate of drug-likeness (QED) is 0.919. The van der Waals surface area contributed by atoms with Crippen molar-refractivity contribution in [2.45, 2.75) is 33.0 Å². The normalized spacial score (nSPS) is 20.4. The third-order valence-electron chi connectivity index (χ3n) is 3.59. The molecular formula is C14H21N5O. The second-order valence-electron chi connectivity index (χ2n) is 5.25. The van der Waals surface area contributed by atoms with Gasteiger partial charge in [-0.3, -0.25) is 9.58 Å². The predicted octanol–water partition coefficient (Wildman–Crippen LogP) is 1.51. The summed E-state index contributed by atoms with van der Waals surface area (Å²) >= 11 is 0. The van der Waals surface area contributed by atoms with Crippen molar-refractivity contribution in [3.05, 3.63) is 35.7 Å². The average molecular weight is 275 g/mol. The Morgan fingerprint density at radius 2 is 2.35 bits per heavy atom. The zero-order valence-electron chi connectivity index (χ0n) is 12.0. The minimum absolute atomic E-state index is 0.0404. The summed E-state index contributed by atoms with van der Waals surface area (Å²) in [6.45, 7) is 8.50. The van der Waals surface area contributed by atoms with Gasteiger partial charge in [-0.2, -0.15) is 5.10 Å². The highest BCUT2D eigenvalue weighted by Crippen LogP contribution is 2.20. The first-order chi connectivity index (χ1) is 9.74. The van der Waals surface area contributed by atoms with E-state index >= 15 is 0 Å². The van der Waals surface area contributed by atoms with Gasteiger partial charge in [0.1, 0.15) is 11.9 Å². The van der Waals surface area contributed by atoms with E-state index in [0.29, 0.717) is 0 Å². The lowest BCUT2D eigenvalue weighted by Gasteiger charge is -2.31. The zero-order valence-corrected chi connectivity index (χ0v) is 12.0. The van der Waals surface area contributed by atoms with E-state index in [4.69, 9.17) is 4.74 Å². The molecule has 2 aromatic rings. The predicted molar refractivity (Wildman–Crippen MR) is 75.2 cm³/mol. The summed E-state index contributed by atoms with van der Waals surface area (Å²) < 4.78 is 7.78. The van der Waals surface area contributed by atoms with E-state index in [1.165, 1.54) is 5.56 Å². The first-order valence-electron chi connectivity index (χ1n) is 7.11. The van der Waals surface area contributed by atoms with Crippen molar-refractivity contribution in [2.24, 2.45) is 0 Å². The van der Waals surface area contributed by atoms with Crippen LogP contribution in [0.1, 0.15) is 30.1 Å². The van der Waals surface area contributed by atoms with E-state index in [2.05, 4.69) is 33.1 Å². The smallest absolute Gasteiger partial charge is 0.136 e. The van der Waals surface area contributed by atoms with Crippen molar-refractivity contribution in [1.82, 2.24) is 24.6 Å². The van der Waals surface area contributed by atoms with Gasteiger partial charge in [-0.1, -0.05) is 0 Å². The van der Waals surface area contributed by atoms with Gasteiger partial charge >= 0.3 is 0 Å². The van der Waals surface area contributed by atoms with E-state index in [9.17, 15) is 0 Å². The maximum Gasteiger partial charge on any atom is 0.136 e. The highest BCUT2D eigenvalue weighted by atomic mass is 16.5. The molecule has 0 radical (unpaired) electrons. The zero-order chi connectivity index (χ0) is 13.9. The molecule has 0 amide bonds. The first kappa shape index (κ1) is 13.3. The van der Waals surface area contributed by atoms with Gasteiger partial charge in [-0.25, -0.2) is 4.98 Å². The summed E-state index contributed by atoms with van der Waals surface area (Å²) in [5.74, 6) is 0.927. The topological polar surface area (TPSA) is 59.0 Å². The van der Waals surface area contributed by atoms with Crippen LogP contribution in [0.25, 0.3) is 0 Å². The van der Waals surface area contributed by atoms with Gasteiger partial charge in [-0.05, 0) is 13.8 Å². The Morgan fingerprint density at radius 1 is 1.45 bits per heavy atom. The molecule has 1 unspecified atom stereocenters. The summed E-state index contributed by atoms with van der Waals surface area (Å²) in [5.41, 5.74) is 2.33. The largest absolute Gasteiger partial charge is 0.368 e. The lowest BCUT2D eigenvalue weighted by atomic mass is 10.2. The summed E-state index contributed by atoms with van der Waals surface area (Å²) in [6.07, 6.45) is 5.95. The molecule has 1 N–H and O–H groups in total. The van der Waals surface area contributed by atoms with Crippen LogP contribution in [-0.4, -0.2) is 44.3 Å². The molecule has 1 atom stereocenters. The van der Waals surface area contributed by atoms with E-state index in [1.54, 1.807) is 0 Å². The molecule has 1 aliphatic rings. The monoisotopic (exact) mass is 275 g/mol.